The van der Waals surface area contributed by atoms with Crippen molar-refractivity contribution in [2.75, 3.05) is 21.7 Å². The van der Waals surface area contributed by atoms with Gasteiger partial charge in [-0.3, -0.25) is 19.9 Å². The third-order valence-corrected chi connectivity index (χ3v) is 48.0. The molecule has 9 aromatic rings. The summed E-state index contributed by atoms with van der Waals surface area (Å²) in [4.78, 5) is 84.2. The maximum Gasteiger partial charge on any atom is 0.409 e. The van der Waals surface area contributed by atoms with Crippen LogP contribution >= 0.6 is 56.9 Å². The molecule has 37 nitrogen and oxygen atoms in total. The Morgan fingerprint density at radius 2 is 0.606 bits per heavy atom. The first-order chi connectivity index (χ1) is 65.9. The number of hydrogen-bond donors (Lipinski definition) is 14. The maximum atomic E-state index is 13.4. The molecule has 0 fully saturated rings. The number of thiazole rings is 4. The summed E-state index contributed by atoms with van der Waals surface area (Å²) < 4.78 is 124. The number of pyridine rings is 4. The van der Waals surface area contributed by atoms with Gasteiger partial charge in [0, 0.05) is 62.8 Å². The van der Waals surface area contributed by atoms with Crippen LogP contribution in [0, 0.1) is 0 Å². The van der Waals surface area contributed by atoms with Crippen LogP contribution in [0.25, 0.3) is 0 Å². The van der Waals surface area contributed by atoms with Crippen molar-refractivity contribution in [1.82, 2.24) is 54.0 Å². The molecule has 0 aliphatic heterocycles. The number of hydrogen-bond acceptors (Lipinski definition) is 34. The average molecular weight is 2170 g/mol. The molecule has 142 heavy (non-hydrogen) atoms. The molecule has 17 rings (SSSR count). The zero-order chi connectivity index (χ0) is 105. The quantitative estimate of drug-likeness (QED) is 0.0209. The minimum atomic E-state index is -4.28. The number of halogens is 1. The van der Waals surface area contributed by atoms with Crippen molar-refractivity contribution < 1.29 is 97.1 Å². The van der Waals surface area contributed by atoms with E-state index >= 15 is 0 Å². The summed E-state index contributed by atoms with van der Waals surface area (Å²) in [6.45, 7) is 31.7. The van der Waals surface area contributed by atoms with E-state index in [0.717, 1.165) is 260 Å². The van der Waals surface area contributed by atoms with Crippen LogP contribution in [0.15, 0.2) is 47.2 Å². The highest BCUT2D eigenvalue weighted by molar-refractivity contribution is 7.93. The summed E-state index contributed by atoms with van der Waals surface area (Å²) in [6, 6.07) is 6.10. The second-order valence-corrected chi connectivity index (χ2v) is 62.6. The fourth-order valence-electron chi connectivity index (χ4n) is 16.9. The van der Waals surface area contributed by atoms with Gasteiger partial charge in [-0.25, -0.2) is 92.1 Å². The number of amides is 6. The lowest BCUT2D eigenvalue weighted by atomic mass is 10.1. The first kappa shape index (κ1) is 112. The molecule has 0 spiro atoms. The fraction of sp³-hybridized carbons (Fsp3) is 0.553. The first-order valence-electron chi connectivity index (χ1n) is 47.2. The number of aromatic nitrogens is 8. The van der Waals surface area contributed by atoms with Gasteiger partial charge in [0.2, 0.25) is 10.0 Å². The molecule has 0 radical (unpaired) electrons. The number of ether oxygens (including phenoxy) is 1. The van der Waals surface area contributed by atoms with Crippen LogP contribution in [-0.4, -0.2) is 144 Å². The normalized spacial score (nSPS) is 15.4. The highest BCUT2D eigenvalue weighted by Crippen LogP contribution is 2.46. The number of carbonyl (C=O) groups excluding carboxylic acids is 4. The van der Waals surface area contributed by atoms with E-state index in [2.05, 4.69) is 113 Å². The number of carbonyl (C=O) groups is 4. The van der Waals surface area contributed by atoms with Crippen molar-refractivity contribution in [2.45, 2.75) is 353 Å². The number of rotatable bonds is 23. The highest BCUT2D eigenvalue weighted by Gasteiger charge is 2.43. The Bertz CT molecular complexity index is 6450. The molecule has 8 aliphatic rings. The summed E-state index contributed by atoms with van der Waals surface area (Å²) in [7, 11) is -21.0. The Morgan fingerprint density at radius 3 is 0.845 bits per heavy atom. The molecule has 8 aliphatic carbocycles. The van der Waals surface area contributed by atoms with Gasteiger partial charge in [0.25, 0.3) is 30.1 Å². The lowest BCUT2D eigenvalue weighted by molar-refractivity contribution is 0.0773. The number of benzene rings is 1. The van der Waals surface area contributed by atoms with Gasteiger partial charge in [-0.05, 0) is 302 Å². The Hall–Kier alpha value is -8.42. The van der Waals surface area contributed by atoms with Crippen LogP contribution in [0.5, 0.6) is 5.75 Å². The molecular formula is C94H131ClN16O21S8Si2. The maximum absolute atomic E-state index is 13.4. The number of nitrogens with one attached hydrogen (secondary N) is 6. The second-order valence-electron chi connectivity index (χ2n) is 41.3. The summed E-state index contributed by atoms with van der Waals surface area (Å²) in [5.41, 5.74) is 20.6. The Balaban J connectivity index is 0.000000158. The van der Waals surface area contributed by atoms with Crippen LogP contribution in [0.3, 0.4) is 0 Å². The van der Waals surface area contributed by atoms with E-state index in [-0.39, 0.29) is 77.9 Å². The van der Waals surface area contributed by atoms with Crippen LogP contribution in [0.1, 0.15) is 281 Å². The minimum Gasteiger partial charge on any atom is -0.415 e. The summed E-state index contributed by atoms with van der Waals surface area (Å²) in [5, 5.41) is 74.1. The molecule has 776 valence electrons. The number of para-hydroxylation sites is 1. The standard InChI is InChI=1S/C25H38N4O5S2Si.2C19H24N4O5S2.C13H26N2O4S2Si.C11H14N2.C7H5ClO2/c1-24(2,3)37(6,7)34-14-19-21(35-22(27-19)25(4,5)31)36(32,33)29-23(30)28-20-15-10-8-12-17(15)26-18-13-9-11-16(18)20;2*1-19(2,26)17-21-14(9-24)16(29-17)30(27,28)23-18(25)22-15-10-5-3-7-12(10)20-13-8-4-6-11(13)15;1-12(2,3)22(6,7)19-8-9-10(21(14,17)18)20-11(15-9)13(4,5)16;12-11-7-3-1-5-9(7)13-10-6-2-4-8(10)11;8-7(9)10-6-4-2-1-3-5-6/h31H,8-14H2,1-7H3,(H2,26,28,29,30);2*24,26H,3-9H2,1-2H3,(H2,20,22,23,25);16H,8H2,1-7H3,(H2,14,17,18);1-6H2,(H2,12,13);1-5H. The van der Waals surface area contributed by atoms with Crippen LogP contribution in [0.2, 0.25) is 36.3 Å². The van der Waals surface area contributed by atoms with Gasteiger partial charge in [-0.15, -0.1) is 45.3 Å². The predicted octanol–water partition coefficient (Wildman–Crippen LogP) is 14.9. The first-order valence-corrected chi connectivity index (χ1v) is 62.6. The van der Waals surface area contributed by atoms with Crippen molar-refractivity contribution in [2.24, 2.45) is 5.14 Å². The SMILES string of the molecule is CC(C)(O)c1nc(CO)c(S(=O)(=O)NC(=O)Nc2c3c(nc4c2CCC4)CCC3)s1.CC(C)(O)c1nc(CO)c(S(=O)(=O)NC(=O)Nc2c3c(nc4c2CCC4)CCC3)s1.CC(C)(O)c1nc(CO[Si](C)(C)C(C)(C)C)c(S(=O)(=O)NC(=O)Nc2c3c(nc4c2CCC4)CCC3)s1.CC(C)(O)c1nc(CO[Si](C)(C)C(C)(C)C)c(S(N)(=O)=O)s1.Nc1c2c(nc3c1CCC3)CCC2.O=C(Cl)Oc1ccccc1. The zero-order valence-electron chi connectivity index (χ0n) is 83.4. The van der Waals surface area contributed by atoms with E-state index in [1.807, 2.05) is 15.5 Å². The monoisotopic (exact) mass is 2170 g/mol. The van der Waals surface area contributed by atoms with Gasteiger partial charge in [-0.2, -0.15) is 0 Å². The molecule has 48 heteroatoms. The number of aryl methyl sites for hydroxylation is 8. The summed E-state index contributed by atoms with van der Waals surface area (Å²) >= 11 is 8.15. The van der Waals surface area contributed by atoms with Gasteiger partial charge in [0.1, 0.15) is 48.2 Å². The van der Waals surface area contributed by atoms with Gasteiger partial charge in [-0.1, -0.05) is 59.7 Å². The fourth-order valence-corrected chi connectivity index (χ4v) is 28.0. The van der Waals surface area contributed by atoms with E-state index in [1.165, 1.54) is 63.1 Å². The second kappa shape index (κ2) is 43.9. The van der Waals surface area contributed by atoms with E-state index in [1.54, 1.807) is 52.0 Å². The summed E-state index contributed by atoms with van der Waals surface area (Å²) in [6.07, 6.45) is 22.9. The van der Waals surface area contributed by atoms with Gasteiger partial charge >= 0.3 is 23.5 Å². The molecule has 8 aromatic heterocycles. The molecule has 0 unspecified atom stereocenters. The molecule has 6 amide bonds. The van der Waals surface area contributed by atoms with Crippen LogP contribution < -0.4 is 45.7 Å². The third-order valence-electron chi connectivity index (χ3n) is 26.2. The number of nitrogens with zero attached hydrogens (tertiary/aromatic N) is 8. The number of primary sulfonamides is 1. The number of nitrogens with two attached hydrogens (primary N) is 2. The topological polar surface area (TPSA) is 581 Å². The molecule has 0 saturated heterocycles. The Morgan fingerprint density at radius 1 is 0.373 bits per heavy atom. The lowest BCUT2D eigenvalue weighted by Crippen LogP contribution is -2.40. The third kappa shape index (κ3) is 26.9. The van der Waals surface area contributed by atoms with Gasteiger partial charge < -0.3 is 65.9 Å². The van der Waals surface area contributed by atoms with E-state index < -0.39 is 116 Å². The number of anilines is 4. The predicted molar refractivity (Wildman–Crippen MR) is 551 cm³/mol. The Kier molecular flexibility index (Phi) is 34.8. The molecule has 0 bridgehead atoms. The van der Waals surface area contributed by atoms with Crippen molar-refractivity contribution in [3.63, 3.8) is 0 Å². The van der Waals surface area contributed by atoms with Crippen LogP contribution in [0.4, 0.5) is 41.9 Å². The molecule has 16 N–H and O–H groups in total. The zero-order valence-corrected chi connectivity index (χ0v) is 92.7. The lowest BCUT2D eigenvalue weighted by Gasteiger charge is -2.36. The number of aliphatic hydroxyl groups excluding tert-OH is 2. The summed E-state index contributed by atoms with van der Waals surface area (Å²) in [5.74, 6) is 0.461. The minimum absolute atomic E-state index is 0.00382. The largest absolute Gasteiger partial charge is 0.415 e. The number of nitrogen functional groups attached to an aromatic ring is 1. The number of sulfonamides is 4. The van der Waals surface area contributed by atoms with Gasteiger partial charge in [0.05, 0.1) is 66.3 Å². The van der Waals surface area contributed by atoms with E-state index in [0.29, 0.717) is 27.8 Å². The van der Waals surface area contributed by atoms with Crippen LogP contribution in [-0.2, 0) is 201 Å². The van der Waals surface area contributed by atoms with E-state index in [4.69, 9.17) is 51.3 Å². The number of urea groups is 3. The molecule has 8 heterocycles. The average Bonchev–Trinajstić information content (AvgIpc) is 1.62. The number of aliphatic hydroxyl groups is 6. The van der Waals surface area contributed by atoms with E-state index in [9.17, 15) is 83.5 Å². The molecule has 1 aromatic carbocycles. The highest BCUT2D eigenvalue weighted by atomic mass is 35.5. The van der Waals surface area contributed by atoms with Crippen molar-refractivity contribution in [1.29, 1.82) is 0 Å². The molecule has 0 saturated carbocycles. The van der Waals surface area contributed by atoms with Gasteiger partial charge in [0.15, 0.2) is 33.5 Å². The molecular weight excluding hydrogens is 2040 g/mol. The smallest absolute Gasteiger partial charge is 0.409 e. The van der Waals surface area contributed by atoms with Crippen molar-refractivity contribution >= 4 is 160 Å². The van der Waals surface area contributed by atoms with Crippen molar-refractivity contribution in [3.05, 3.63) is 163 Å². The molecule has 0 atom stereocenters. The van der Waals surface area contributed by atoms with Crippen molar-refractivity contribution in [3.8, 4) is 5.75 Å². The number of fused-ring (bicyclic) bond motifs is 8. The Labute approximate surface area is 853 Å².